The van der Waals surface area contributed by atoms with E-state index in [9.17, 15) is 18.0 Å². The zero-order valence-electron chi connectivity index (χ0n) is 15.7. The van der Waals surface area contributed by atoms with Crippen LogP contribution in [0.4, 0.5) is 30.2 Å². The van der Waals surface area contributed by atoms with Crippen LogP contribution in [-0.4, -0.2) is 25.5 Å². The van der Waals surface area contributed by atoms with E-state index >= 15 is 0 Å². The molecule has 2 aromatic rings. The predicted molar refractivity (Wildman–Crippen MR) is 106 cm³/mol. The molecule has 152 valence electrons. The lowest BCUT2D eigenvalue weighted by molar-refractivity contribution is -0.137. The summed E-state index contributed by atoms with van der Waals surface area (Å²) in [4.78, 5) is 14.3. The normalized spacial score (nSPS) is 13.8. The Balaban J connectivity index is 1.69. The Morgan fingerprint density at radius 3 is 2.41 bits per heavy atom. The lowest BCUT2D eigenvalue weighted by atomic mass is 10.1. The van der Waals surface area contributed by atoms with Crippen LogP contribution in [0.3, 0.4) is 0 Å². The lowest BCUT2D eigenvalue weighted by Crippen LogP contribution is -2.24. The van der Waals surface area contributed by atoms with E-state index in [0.29, 0.717) is 17.1 Å². The second-order valence-corrected chi connectivity index (χ2v) is 6.86. The van der Waals surface area contributed by atoms with Crippen molar-refractivity contribution in [2.24, 2.45) is 0 Å². The fraction of sp³-hybridized carbons (Fsp3) is 0.333. The van der Waals surface area contributed by atoms with Gasteiger partial charge in [0.15, 0.2) is 0 Å². The number of alkyl halides is 3. The molecule has 1 heterocycles. The summed E-state index contributed by atoms with van der Waals surface area (Å²) < 4.78 is 39.3. The molecule has 0 aliphatic carbocycles. The van der Waals surface area contributed by atoms with Crippen LogP contribution < -0.4 is 15.5 Å². The summed E-state index contributed by atoms with van der Waals surface area (Å²) in [5.74, 6) is -0.372. The number of amides is 1. The molecular weight excluding hydrogens is 381 g/mol. The van der Waals surface area contributed by atoms with Gasteiger partial charge in [-0.15, -0.1) is 0 Å². The quantitative estimate of drug-likeness (QED) is 0.751. The smallest absolute Gasteiger partial charge is 0.374 e. The molecule has 1 aliphatic rings. The lowest BCUT2D eigenvalue weighted by Gasteiger charge is -2.23. The highest BCUT2D eigenvalue weighted by molar-refractivity contribution is 5.94. The van der Waals surface area contributed by atoms with Gasteiger partial charge in [-0.3, -0.25) is 4.79 Å². The van der Waals surface area contributed by atoms with Crippen molar-refractivity contribution in [3.63, 3.8) is 0 Å². The van der Waals surface area contributed by atoms with Gasteiger partial charge in [-0.05, 0) is 48.7 Å². The van der Waals surface area contributed by atoms with Crippen molar-refractivity contribution in [1.82, 2.24) is 0 Å². The van der Waals surface area contributed by atoms with E-state index in [-0.39, 0.29) is 18.9 Å². The first-order valence-corrected chi connectivity index (χ1v) is 9.32. The van der Waals surface area contributed by atoms with Gasteiger partial charge in [0.25, 0.3) is 0 Å². The van der Waals surface area contributed by atoms with Gasteiger partial charge in [0.05, 0.1) is 36.0 Å². The summed E-state index contributed by atoms with van der Waals surface area (Å²) in [6, 6.07) is 12.5. The number of halogens is 3. The first-order valence-electron chi connectivity index (χ1n) is 9.32. The Morgan fingerprint density at radius 1 is 1.10 bits per heavy atom. The summed E-state index contributed by atoms with van der Waals surface area (Å²) in [5, 5.41) is 14.2. The third-order valence-corrected chi connectivity index (χ3v) is 4.73. The average molecular weight is 402 g/mol. The fourth-order valence-corrected chi connectivity index (χ4v) is 3.27. The number of benzene rings is 2. The van der Waals surface area contributed by atoms with Crippen molar-refractivity contribution < 1.29 is 18.0 Å². The molecule has 1 saturated heterocycles. The maximum absolute atomic E-state index is 13.1. The minimum Gasteiger partial charge on any atom is -0.374 e. The number of hydrogen-bond acceptors (Lipinski definition) is 4. The number of rotatable bonds is 6. The number of nitriles is 1. The Kier molecular flexibility index (Phi) is 6.27. The van der Waals surface area contributed by atoms with Gasteiger partial charge < -0.3 is 15.5 Å². The van der Waals surface area contributed by atoms with Crippen molar-refractivity contribution >= 4 is 23.0 Å². The molecule has 0 saturated carbocycles. The van der Waals surface area contributed by atoms with Gasteiger partial charge in [0.2, 0.25) is 5.91 Å². The first kappa shape index (κ1) is 20.5. The summed E-state index contributed by atoms with van der Waals surface area (Å²) in [6.07, 6.45) is -2.19. The molecule has 0 unspecified atom stereocenters. The molecule has 1 fully saturated rings. The number of nitrogens with zero attached hydrogens (tertiary/aromatic N) is 2. The van der Waals surface area contributed by atoms with E-state index < -0.39 is 11.7 Å². The molecule has 0 atom stereocenters. The molecular formula is C21H21F3N4O. The van der Waals surface area contributed by atoms with E-state index in [1.807, 2.05) is 11.0 Å². The Labute approximate surface area is 167 Å². The Hall–Kier alpha value is -3.21. The molecule has 1 aliphatic heterocycles. The molecule has 29 heavy (non-hydrogen) atoms. The molecule has 0 spiro atoms. The van der Waals surface area contributed by atoms with E-state index in [4.69, 9.17) is 5.26 Å². The molecule has 0 radical (unpaired) electrons. The van der Waals surface area contributed by atoms with Crippen LogP contribution >= 0.6 is 0 Å². The van der Waals surface area contributed by atoms with Gasteiger partial charge in [0.1, 0.15) is 0 Å². The standard InChI is InChI=1S/C21H21F3N4O/c22-21(23,24)16-5-8-19(28-11-1-2-12-28)18(13-16)26-14-20(29)27-17-6-3-15(4-7-17)9-10-25/h3-8,13,26H,1-2,9,11-12,14H2,(H,27,29). The minimum atomic E-state index is -4.45. The highest BCUT2D eigenvalue weighted by atomic mass is 19.4. The largest absolute Gasteiger partial charge is 0.416 e. The van der Waals surface area contributed by atoms with Gasteiger partial charge in [-0.25, -0.2) is 0 Å². The van der Waals surface area contributed by atoms with Crippen molar-refractivity contribution in [3.05, 3.63) is 53.6 Å². The molecule has 3 rings (SSSR count). The van der Waals surface area contributed by atoms with Gasteiger partial charge >= 0.3 is 6.18 Å². The molecule has 5 nitrogen and oxygen atoms in total. The van der Waals surface area contributed by atoms with Gasteiger partial charge in [-0.2, -0.15) is 18.4 Å². The third-order valence-electron chi connectivity index (χ3n) is 4.73. The predicted octanol–water partition coefficient (Wildman–Crippen LogP) is 4.42. The van der Waals surface area contributed by atoms with Gasteiger partial charge in [-0.1, -0.05) is 12.1 Å². The zero-order chi connectivity index (χ0) is 20.9. The SMILES string of the molecule is N#CCc1ccc(NC(=O)CNc2cc(C(F)(F)F)ccc2N2CCCC2)cc1. The Morgan fingerprint density at radius 2 is 1.79 bits per heavy atom. The minimum absolute atomic E-state index is 0.165. The number of anilines is 3. The van der Waals surface area contributed by atoms with Crippen LogP contribution in [0.5, 0.6) is 0 Å². The third kappa shape index (κ3) is 5.41. The highest BCUT2D eigenvalue weighted by Crippen LogP contribution is 2.36. The van der Waals surface area contributed by atoms with E-state index in [1.165, 1.54) is 6.07 Å². The summed E-state index contributed by atoms with van der Waals surface area (Å²) in [7, 11) is 0. The molecule has 2 aromatic carbocycles. The van der Waals surface area contributed by atoms with Crippen LogP contribution in [0, 0.1) is 11.3 Å². The monoisotopic (exact) mass is 402 g/mol. The number of carbonyl (C=O) groups excluding carboxylic acids is 1. The van der Waals surface area contributed by atoms with Crippen LogP contribution in [0.2, 0.25) is 0 Å². The summed E-state index contributed by atoms with van der Waals surface area (Å²) >= 11 is 0. The molecule has 0 aromatic heterocycles. The van der Waals surface area contributed by atoms with Crippen molar-refractivity contribution in [2.75, 3.05) is 35.2 Å². The second-order valence-electron chi connectivity index (χ2n) is 6.86. The van der Waals surface area contributed by atoms with E-state index in [1.54, 1.807) is 24.3 Å². The topological polar surface area (TPSA) is 68.2 Å². The van der Waals surface area contributed by atoms with Crippen LogP contribution in [0.15, 0.2) is 42.5 Å². The summed E-state index contributed by atoms with van der Waals surface area (Å²) in [6.45, 7) is 1.39. The molecule has 0 bridgehead atoms. The Bertz CT molecular complexity index is 898. The number of hydrogen-bond donors (Lipinski definition) is 2. The highest BCUT2D eigenvalue weighted by Gasteiger charge is 2.31. The van der Waals surface area contributed by atoms with Crippen LogP contribution in [0.1, 0.15) is 24.0 Å². The van der Waals surface area contributed by atoms with Crippen LogP contribution in [0.25, 0.3) is 0 Å². The van der Waals surface area contributed by atoms with Crippen molar-refractivity contribution in [3.8, 4) is 6.07 Å². The number of carbonyl (C=O) groups is 1. The maximum Gasteiger partial charge on any atom is 0.416 e. The second kappa shape index (κ2) is 8.86. The number of nitrogens with one attached hydrogen (secondary N) is 2. The fourth-order valence-electron chi connectivity index (χ4n) is 3.27. The zero-order valence-corrected chi connectivity index (χ0v) is 15.7. The summed E-state index contributed by atoms with van der Waals surface area (Å²) in [5.41, 5.74) is 1.60. The average Bonchev–Trinajstić information content (AvgIpc) is 3.22. The molecule has 8 heteroatoms. The van der Waals surface area contributed by atoms with Crippen LogP contribution in [-0.2, 0) is 17.4 Å². The molecule has 2 N–H and O–H groups in total. The first-order chi connectivity index (χ1) is 13.9. The van der Waals surface area contributed by atoms with E-state index in [0.717, 1.165) is 43.6 Å². The van der Waals surface area contributed by atoms with Crippen molar-refractivity contribution in [1.29, 1.82) is 5.26 Å². The van der Waals surface area contributed by atoms with E-state index in [2.05, 4.69) is 10.6 Å². The maximum atomic E-state index is 13.1. The molecule has 1 amide bonds. The van der Waals surface area contributed by atoms with Crippen molar-refractivity contribution in [2.45, 2.75) is 25.4 Å². The van der Waals surface area contributed by atoms with Gasteiger partial charge in [0, 0.05) is 18.8 Å².